The Kier molecular flexibility index (Phi) is 4.27. The summed E-state index contributed by atoms with van der Waals surface area (Å²) >= 11 is 6.49. The molecule has 0 spiro atoms. The lowest BCUT2D eigenvalue weighted by Gasteiger charge is -2.20. The van der Waals surface area contributed by atoms with Gasteiger partial charge in [-0.05, 0) is 18.9 Å². The van der Waals surface area contributed by atoms with E-state index < -0.39 is 0 Å². The lowest BCUT2D eigenvalue weighted by Crippen LogP contribution is -2.36. The van der Waals surface area contributed by atoms with E-state index in [1.165, 1.54) is 36.6 Å². The number of nitrogens with zero attached hydrogens (tertiary/aromatic N) is 2. The maximum atomic E-state index is 6.49. The van der Waals surface area contributed by atoms with Crippen molar-refractivity contribution in [3.05, 3.63) is 30.0 Å². The first kappa shape index (κ1) is 13.9. The van der Waals surface area contributed by atoms with Crippen LogP contribution in [0.1, 0.15) is 37.8 Å². The molecule has 0 saturated heterocycles. The van der Waals surface area contributed by atoms with Crippen molar-refractivity contribution in [3.63, 3.8) is 0 Å². The Morgan fingerprint density at radius 1 is 1.25 bits per heavy atom. The molecule has 3 nitrogen and oxygen atoms in total. The fourth-order valence-corrected chi connectivity index (χ4v) is 3.51. The molecule has 0 aliphatic heterocycles. The minimum absolute atomic E-state index is 0.257. The lowest BCUT2D eigenvalue weighted by molar-refractivity contribution is 0.461. The average Bonchev–Trinajstić information content (AvgIpc) is 2.64. The van der Waals surface area contributed by atoms with Crippen molar-refractivity contribution in [2.24, 2.45) is 7.05 Å². The summed E-state index contributed by atoms with van der Waals surface area (Å²) in [5.74, 6) is 0. The minimum atomic E-state index is 0.257. The Morgan fingerprint density at radius 3 is 2.95 bits per heavy atom. The van der Waals surface area contributed by atoms with Crippen molar-refractivity contribution in [2.45, 2.75) is 50.1 Å². The molecule has 2 aromatic rings. The number of halogens is 1. The third-order valence-electron chi connectivity index (χ3n) is 4.30. The molecule has 4 heteroatoms. The monoisotopic (exact) mass is 291 g/mol. The highest BCUT2D eigenvalue weighted by Crippen LogP contribution is 2.23. The van der Waals surface area contributed by atoms with Crippen molar-refractivity contribution in [1.29, 1.82) is 0 Å². The van der Waals surface area contributed by atoms with Crippen molar-refractivity contribution in [1.82, 2.24) is 15.1 Å². The van der Waals surface area contributed by atoms with Gasteiger partial charge in [0.15, 0.2) is 0 Å². The molecule has 0 amide bonds. The van der Waals surface area contributed by atoms with Gasteiger partial charge in [-0.1, -0.05) is 37.5 Å². The van der Waals surface area contributed by atoms with Crippen LogP contribution in [0.5, 0.6) is 0 Å². The van der Waals surface area contributed by atoms with Gasteiger partial charge >= 0.3 is 0 Å². The van der Waals surface area contributed by atoms with E-state index in [1.807, 2.05) is 11.7 Å². The van der Waals surface area contributed by atoms with Gasteiger partial charge in [0.05, 0.1) is 11.2 Å². The number of benzene rings is 1. The quantitative estimate of drug-likeness (QED) is 0.692. The van der Waals surface area contributed by atoms with Gasteiger partial charge in [-0.25, -0.2) is 0 Å². The van der Waals surface area contributed by atoms with E-state index in [0.717, 1.165) is 18.7 Å². The molecule has 2 atom stereocenters. The van der Waals surface area contributed by atoms with E-state index in [2.05, 4.69) is 34.7 Å². The molecule has 1 aliphatic carbocycles. The number of rotatable bonds is 3. The van der Waals surface area contributed by atoms with E-state index in [1.54, 1.807) is 0 Å². The van der Waals surface area contributed by atoms with Gasteiger partial charge < -0.3 is 5.32 Å². The molecule has 1 aromatic carbocycles. The summed E-state index contributed by atoms with van der Waals surface area (Å²) < 4.78 is 1.96. The SMILES string of the molecule is Cn1nc(CNC2CCCCCC2Cl)c2ccccc21. The van der Waals surface area contributed by atoms with Crippen molar-refractivity contribution >= 4 is 22.5 Å². The molecular formula is C16H22ClN3. The minimum Gasteiger partial charge on any atom is -0.307 e. The summed E-state index contributed by atoms with van der Waals surface area (Å²) in [6, 6.07) is 8.80. The predicted molar refractivity (Wildman–Crippen MR) is 84.1 cm³/mol. The third kappa shape index (κ3) is 2.84. The standard InChI is InChI=1S/C16H22ClN3/c1-20-16-10-6-5-7-12(16)15(19-20)11-18-14-9-4-2-3-8-13(14)17/h5-7,10,13-14,18H,2-4,8-9,11H2,1H3. The number of aryl methyl sites for hydroxylation is 1. The van der Waals surface area contributed by atoms with Crippen LogP contribution >= 0.6 is 11.6 Å². The Bertz CT molecular complexity index is 578. The first-order chi connectivity index (χ1) is 9.75. The Hall–Kier alpha value is -1.06. The summed E-state index contributed by atoms with van der Waals surface area (Å²) in [6.07, 6.45) is 6.16. The van der Waals surface area contributed by atoms with Crippen LogP contribution in [0, 0.1) is 0 Å². The van der Waals surface area contributed by atoms with Gasteiger partial charge in [0, 0.05) is 30.4 Å². The fraction of sp³-hybridized carbons (Fsp3) is 0.562. The van der Waals surface area contributed by atoms with Gasteiger partial charge in [-0.3, -0.25) is 4.68 Å². The topological polar surface area (TPSA) is 29.9 Å². The first-order valence-electron chi connectivity index (χ1n) is 7.54. The smallest absolute Gasteiger partial charge is 0.0841 e. The fourth-order valence-electron chi connectivity index (χ4n) is 3.14. The molecule has 1 N–H and O–H groups in total. The molecule has 3 rings (SSSR count). The van der Waals surface area contributed by atoms with Crippen LogP contribution in [-0.2, 0) is 13.6 Å². The molecular weight excluding hydrogens is 270 g/mol. The van der Waals surface area contributed by atoms with E-state index in [9.17, 15) is 0 Å². The lowest BCUT2D eigenvalue weighted by atomic mass is 10.1. The molecule has 0 bridgehead atoms. The number of hydrogen-bond acceptors (Lipinski definition) is 2. The molecule has 20 heavy (non-hydrogen) atoms. The number of hydrogen-bond donors (Lipinski definition) is 1. The Labute approximate surface area is 125 Å². The maximum Gasteiger partial charge on any atom is 0.0841 e. The second-order valence-corrected chi connectivity index (χ2v) is 6.29. The normalized spacial score (nSPS) is 23.9. The summed E-state index contributed by atoms with van der Waals surface area (Å²) in [7, 11) is 2.00. The molecule has 1 aromatic heterocycles. The van der Waals surface area contributed by atoms with Crippen LogP contribution in [-0.4, -0.2) is 21.2 Å². The average molecular weight is 292 g/mol. The van der Waals surface area contributed by atoms with Crippen LogP contribution in [0.15, 0.2) is 24.3 Å². The van der Waals surface area contributed by atoms with Gasteiger partial charge in [-0.15, -0.1) is 11.6 Å². The first-order valence-corrected chi connectivity index (χ1v) is 7.97. The zero-order valence-corrected chi connectivity index (χ0v) is 12.7. The van der Waals surface area contributed by atoms with Crippen LogP contribution in [0.3, 0.4) is 0 Å². The summed E-state index contributed by atoms with van der Waals surface area (Å²) in [5.41, 5.74) is 2.31. The summed E-state index contributed by atoms with van der Waals surface area (Å²) in [4.78, 5) is 0. The number of alkyl halides is 1. The molecule has 1 heterocycles. The molecule has 1 fully saturated rings. The zero-order valence-electron chi connectivity index (χ0n) is 12.0. The van der Waals surface area contributed by atoms with Gasteiger partial charge in [0.1, 0.15) is 0 Å². The molecule has 2 unspecified atom stereocenters. The Morgan fingerprint density at radius 2 is 2.05 bits per heavy atom. The van der Waals surface area contributed by atoms with Crippen LogP contribution in [0.4, 0.5) is 0 Å². The largest absolute Gasteiger partial charge is 0.307 e. The zero-order chi connectivity index (χ0) is 13.9. The van der Waals surface area contributed by atoms with Crippen molar-refractivity contribution < 1.29 is 0 Å². The van der Waals surface area contributed by atoms with Gasteiger partial charge in [0.25, 0.3) is 0 Å². The van der Waals surface area contributed by atoms with E-state index in [-0.39, 0.29) is 5.38 Å². The van der Waals surface area contributed by atoms with Gasteiger partial charge in [0.2, 0.25) is 0 Å². The third-order valence-corrected chi connectivity index (χ3v) is 4.82. The maximum absolute atomic E-state index is 6.49. The number of nitrogens with one attached hydrogen (secondary N) is 1. The predicted octanol–water partition coefficient (Wildman–Crippen LogP) is 3.60. The molecule has 0 radical (unpaired) electrons. The highest BCUT2D eigenvalue weighted by molar-refractivity contribution is 6.21. The van der Waals surface area contributed by atoms with Crippen molar-refractivity contribution in [3.8, 4) is 0 Å². The van der Waals surface area contributed by atoms with Gasteiger partial charge in [-0.2, -0.15) is 5.10 Å². The second kappa shape index (κ2) is 6.15. The van der Waals surface area contributed by atoms with E-state index in [0.29, 0.717) is 6.04 Å². The van der Waals surface area contributed by atoms with Crippen LogP contribution in [0.25, 0.3) is 10.9 Å². The van der Waals surface area contributed by atoms with E-state index in [4.69, 9.17) is 11.6 Å². The number of para-hydroxylation sites is 1. The summed E-state index contributed by atoms with van der Waals surface area (Å²) in [6.45, 7) is 0.801. The summed E-state index contributed by atoms with van der Waals surface area (Å²) in [5, 5.41) is 9.75. The highest BCUT2D eigenvalue weighted by atomic mass is 35.5. The molecule has 1 aliphatic rings. The highest BCUT2D eigenvalue weighted by Gasteiger charge is 2.21. The molecule has 1 saturated carbocycles. The van der Waals surface area contributed by atoms with E-state index >= 15 is 0 Å². The Balaban J connectivity index is 1.73. The van der Waals surface area contributed by atoms with Crippen LogP contribution in [0.2, 0.25) is 0 Å². The van der Waals surface area contributed by atoms with Crippen molar-refractivity contribution in [2.75, 3.05) is 0 Å². The second-order valence-electron chi connectivity index (χ2n) is 5.73. The molecule has 108 valence electrons. The van der Waals surface area contributed by atoms with Crippen LogP contribution < -0.4 is 5.32 Å². The number of aromatic nitrogens is 2. The number of fused-ring (bicyclic) bond motifs is 1.